The Morgan fingerprint density at radius 1 is 0.588 bits per heavy atom. The van der Waals surface area contributed by atoms with E-state index in [2.05, 4.69) is 169 Å². The number of anilines is 4. The summed E-state index contributed by atoms with van der Waals surface area (Å²) in [5, 5.41) is 6.24. The highest BCUT2D eigenvalue weighted by Crippen LogP contribution is 2.51. The number of rotatable bonds is 2. The molecule has 9 aromatic rings. The molecular formula is C46H37N5. The molecule has 0 N–H and O–H groups in total. The van der Waals surface area contributed by atoms with Gasteiger partial charge in [0.25, 0.3) is 0 Å². The molecule has 3 aromatic heterocycles. The van der Waals surface area contributed by atoms with Crippen LogP contribution < -0.4 is 9.80 Å². The van der Waals surface area contributed by atoms with Crippen molar-refractivity contribution < 1.29 is 0 Å². The maximum absolute atomic E-state index is 4.90. The largest absolute Gasteiger partial charge is 0.321 e. The lowest BCUT2D eigenvalue weighted by atomic mass is 9.74. The van der Waals surface area contributed by atoms with Gasteiger partial charge >= 0.3 is 0 Å². The van der Waals surface area contributed by atoms with E-state index in [9.17, 15) is 0 Å². The molecule has 51 heavy (non-hydrogen) atoms. The van der Waals surface area contributed by atoms with Crippen molar-refractivity contribution in [3.8, 4) is 5.69 Å². The van der Waals surface area contributed by atoms with Crippen LogP contribution in [0.15, 0.2) is 122 Å². The Bertz CT molecular complexity index is 2950. The summed E-state index contributed by atoms with van der Waals surface area (Å²) in [4.78, 5) is 9.88. The minimum atomic E-state index is -0.197. The Kier molecular flexibility index (Phi) is 5.52. The smallest absolute Gasteiger partial charge is 0.145 e. The predicted octanol–water partition coefficient (Wildman–Crippen LogP) is 11.5. The summed E-state index contributed by atoms with van der Waals surface area (Å²) in [5.41, 5.74) is 17.3. The fourth-order valence-corrected chi connectivity index (χ4v) is 9.64. The Balaban J connectivity index is 1.18. The zero-order valence-electron chi connectivity index (χ0n) is 29.5. The number of imidazole rings is 1. The first-order valence-corrected chi connectivity index (χ1v) is 17.9. The molecule has 0 unspecified atom stereocenters. The summed E-state index contributed by atoms with van der Waals surface area (Å²) < 4.78 is 4.79. The van der Waals surface area contributed by atoms with Gasteiger partial charge < -0.3 is 14.4 Å². The van der Waals surface area contributed by atoms with Crippen LogP contribution in [0.2, 0.25) is 0 Å². The number of pyridine rings is 1. The van der Waals surface area contributed by atoms with Gasteiger partial charge in [-0.1, -0.05) is 86.1 Å². The van der Waals surface area contributed by atoms with Gasteiger partial charge in [0.05, 0.1) is 33.6 Å². The molecule has 0 amide bonds. The van der Waals surface area contributed by atoms with Crippen LogP contribution in [0.4, 0.5) is 22.7 Å². The molecule has 0 bridgehead atoms. The van der Waals surface area contributed by atoms with E-state index in [1.807, 2.05) is 6.20 Å². The van der Waals surface area contributed by atoms with E-state index in [1.165, 1.54) is 99.7 Å². The van der Waals surface area contributed by atoms with Crippen LogP contribution in [-0.4, -0.2) is 20.6 Å². The van der Waals surface area contributed by atoms with Gasteiger partial charge in [-0.3, -0.25) is 4.40 Å². The van der Waals surface area contributed by atoms with Crippen molar-refractivity contribution in [3.05, 3.63) is 149 Å². The standard InChI is InChI=1S/C46H37N5/c1-27-21-28(2)43(29(3)22-27)50-26-49(39-15-8-9-16-40(39)50)30-17-18-32-33-12-10-13-36-44(33)51(41(32)23-30)42-25-35-34(24-37(42)46(36,4)5)31-11-6-7-14-38(31)48-20-19-47-45(35)48/h6-25H,26H2,1-5H3. The van der Waals surface area contributed by atoms with Crippen LogP contribution in [0.1, 0.15) is 41.7 Å². The number of hydrogen-bond donors (Lipinski definition) is 0. The van der Waals surface area contributed by atoms with Crippen LogP contribution in [0, 0.1) is 20.8 Å². The van der Waals surface area contributed by atoms with E-state index in [0.717, 1.165) is 12.3 Å². The molecule has 11 rings (SSSR count). The zero-order valence-corrected chi connectivity index (χ0v) is 29.5. The lowest BCUT2D eigenvalue weighted by Gasteiger charge is -2.35. The Morgan fingerprint density at radius 3 is 2.14 bits per heavy atom. The molecule has 2 aliphatic rings. The number of hydrogen-bond acceptors (Lipinski definition) is 3. The molecule has 0 radical (unpaired) electrons. The van der Waals surface area contributed by atoms with Crippen LogP contribution in [0.25, 0.3) is 54.8 Å². The van der Waals surface area contributed by atoms with Crippen molar-refractivity contribution in [2.45, 2.75) is 40.0 Å². The van der Waals surface area contributed by atoms with Gasteiger partial charge in [-0.05, 0) is 90.9 Å². The van der Waals surface area contributed by atoms with Crippen LogP contribution in [-0.2, 0) is 5.41 Å². The van der Waals surface area contributed by atoms with E-state index in [1.54, 1.807) is 0 Å². The van der Waals surface area contributed by atoms with E-state index in [-0.39, 0.29) is 5.41 Å². The zero-order chi connectivity index (χ0) is 34.3. The first-order chi connectivity index (χ1) is 24.8. The van der Waals surface area contributed by atoms with Crippen LogP contribution in [0.5, 0.6) is 0 Å². The van der Waals surface area contributed by atoms with E-state index < -0.39 is 0 Å². The molecule has 0 aliphatic carbocycles. The second-order valence-corrected chi connectivity index (χ2v) is 15.2. The molecule has 0 spiro atoms. The third-order valence-electron chi connectivity index (χ3n) is 11.8. The average molecular weight is 660 g/mol. The molecule has 0 saturated carbocycles. The molecule has 5 heterocycles. The van der Waals surface area contributed by atoms with Gasteiger partial charge in [0.1, 0.15) is 12.3 Å². The third kappa shape index (κ3) is 3.68. The molecule has 0 saturated heterocycles. The summed E-state index contributed by atoms with van der Waals surface area (Å²) in [6, 6.07) is 41.0. The second kappa shape index (κ2) is 9.79. The molecule has 5 heteroatoms. The first-order valence-electron chi connectivity index (χ1n) is 17.9. The molecule has 5 nitrogen and oxygen atoms in total. The summed E-state index contributed by atoms with van der Waals surface area (Å²) in [6.45, 7) is 12.2. The lowest BCUT2D eigenvalue weighted by Crippen LogP contribution is -2.26. The van der Waals surface area contributed by atoms with E-state index in [4.69, 9.17) is 4.98 Å². The van der Waals surface area contributed by atoms with Crippen molar-refractivity contribution in [1.82, 2.24) is 14.0 Å². The van der Waals surface area contributed by atoms with Crippen molar-refractivity contribution in [3.63, 3.8) is 0 Å². The third-order valence-corrected chi connectivity index (χ3v) is 11.8. The van der Waals surface area contributed by atoms with Gasteiger partial charge in [-0.15, -0.1) is 0 Å². The van der Waals surface area contributed by atoms with Crippen LogP contribution >= 0.6 is 0 Å². The molecule has 0 fully saturated rings. The summed E-state index contributed by atoms with van der Waals surface area (Å²) in [7, 11) is 0. The topological polar surface area (TPSA) is 28.7 Å². The maximum Gasteiger partial charge on any atom is 0.145 e. The Morgan fingerprint density at radius 2 is 1.31 bits per heavy atom. The molecule has 0 atom stereocenters. The predicted molar refractivity (Wildman–Crippen MR) is 213 cm³/mol. The van der Waals surface area contributed by atoms with Crippen molar-refractivity contribution in [2.75, 3.05) is 16.5 Å². The number of aryl methyl sites for hydroxylation is 3. The first kappa shape index (κ1) is 28.7. The minimum Gasteiger partial charge on any atom is -0.321 e. The summed E-state index contributed by atoms with van der Waals surface area (Å²) >= 11 is 0. The van der Waals surface area contributed by atoms with E-state index in [0.29, 0.717) is 0 Å². The number of para-hydroxylation sites is 4. The summed E-state index contributed by atoms with van der Waals surface area (Å²) in [6.07, 6.45) is 4.01. The number of aromatic nitrogens is 3. The highest BCUT2D eigenvalue weighted by molar-refractivity contribution is 6.16. The molecule has 6 aromatic carbocycles. The number of benzene rings is 6. The van der Waals surface area contributed by atoms with Gasteiger partial charge in [-0.2, -0.15) is 0 Å². The fraction of sp³-hybridized carbons (Fsp3) is 0.152. The monoisotopic (exact) mass is 659 g/mol. The normalized spacial score (nSPS) is 14.8. The maximum atomic E-state index is 4.90. The van der Waals surface area contributed by atoms with Crippen molar-refractivity contribution in [2.24, 2.45) is 0 Å². The molecular weight excluding hydrogens is 623 g/mol. The van der Waals surface area contributed by atoms with E-state index >= 15 is 0 Å². The Labute approximate surface area is 296 Å². The minimum absolute atomic E-state index is 0.197. The summed E-state index contributed by atoms with van der Waals surface area (Å²) in [5.74, 6) is 0. The molecule has 2 aliphatic heterocycles. The lowest BCUT2D eigenvalue weighted by molar-refractivity contribution is 0.631. The van der Waals surface area contributed by atoms with Gasteiger partial charge in [0.15, 0.2) is 0 Å². The van der Waals surface area contributed by atoms with Crippen molar-refractivity contribution >= 4 is 71.9 Å². The average Bonchev–Trinajstić information content (AvgIpc) is 3.85. The quantitative estimate of drug-likeness (QED) is 0.173. The Hall–Kier alpha value is -6.07. The number of nitrogens with zero attached hydrogens (tertiary/aromatic N) is 5. The highest BCUT2D eigenvalue weighted by Gasteiger charge is 2.36. The SMILES string of the molecule is Cc1cc(C)c(N2CN(c3ccc4c5cccc6c5n(c4c3)-c3cc4c(cc3C6(C)C)c3ccccc3n3ccnc43)c3ccccc32)c(C)c1. The van der Waals surface area contributed by atoms with Crippen LogP contribution in [0.3, 0.4) is 0 Å². The fourth-order valence-electron chi connectivity index (χ4n) is 9.64. The van der Waals surface area contributed by atoms with Gasteiger partial charge in [0, 0.05) is 50.7 Å². The number of fused-ring (bicyclic) bond motifs is 12. The second-order valence-electron chi connectivity index (χ2n) is 15.2. The van der Waals surface area contributed by atoms with Gasteiger partial charge in [0.2, 0.25) is 0 Å². The van der Waals surface area contributed by atoms with Crippen molar-refractivity contribution in [1.29, 1.82) is 0 Å². The highest BCUT2D eigenvalue weighted by atomic mass is 15.4. The van der Waals surface area contributed by atoms with Gasteiger partial charge in [-0.25, -0.2) is 4.98 Å². The molecule has 246 valence electrons.